The van der Waals surface area contributed by atoms with Gasteiger partial charge in [0.25, 0.3) is 5.91 Å². The SMILES string of the molecule is CCC(CC)C(O)CNC(=O)c1cnn(C)c1C. The lowest BCUT2D eigenvalue weighted by atomic mass is 9.96. The number of nitrogens with zero attached hydrogens (tertiary/aromatic N) is 2. The van der Waals surface area contributed by atoms with Crippen LogP contribution in [0.5, 0.6) is 0 Å². The van der Waals surface area contributed by atoms with E-state index in [4.69, 9.17) is 0 Å². The van der Waals surface area contributed by atoms with E-state index >= 15 is 0 Å². The average molecular weight is 253 g/mol. The molecule has 0 radical (unpaired) electrons. The third-order valence-corrected chi connectivity index (χ3v) is 3.54. The number of hydrogen-bond acceptors (Lipinski definition) is 3. The van der Waals surface area contributed by atoms with Crippen molar-refractivity contribution in [3.63, 3.8) is 0 Å². The molecule has 1 unspecified atom stereocenters. The number of aromatic nitrogens is 2. The first-order chi connectivity index (χ1) is 8.51. The molecule has 0 saturated carbocycles. The predicted molar refractivity (Wildman–Crippen MR) is 70.4 cm³/mol. The first-order valence-electron chi connectivity index (χ1n) is 6.46. The molecule has 1 amide bonds. The van der Waals surface area contributed by atoms with Gasteiger partial charge in [-0.25, -0.2) is 0 Å². The fraction of sp³-hybridized carbons (Fsp3) is 0.692. The van der Waals surface area contributed by atoms with E-state index < -0.39 is 6.10 Å². The Balaban J connectivity index is 2.54. The van der Waals surface area contributed by atoms with Gasteiger partial charge < -0.3 is 10.4 Å². The van der Waals surface area contributed by atoms with Crippen molar-refractivity contribution >= 4 is 5.91 Å². The predicted octanol–water partition coefficient (Wildman–Crippen LogP) is 1.26. The van der Waals surface area contributed by atoms with Crippen molar-refractivity contribution in [2.75, 3.05) is 6.54 Å². The normalized spacial score (nSPS) is 12.8. The molecule has 0 spiro atoms. The summed E-state index contributed by atoms with van der Waals surface area (Å²) in [4.78, 5) is 11.9. The van der Waals surface area contributed by atoms with Gasteiger partial charge in [-0.3, -0.25) is 9.48 Å². The zero-order valence-corrected chi connectivity index (χ0v) is 11.6. The van der Waals surface area contributed by atoms with Gasteiger partial charge in [-0.05, 0) is 12.8 Å². The van der Waals surface area contributed by atoms with E-state index in [1.54, 1.807) is 17.9 Å². The number of rotatable bonds is 6. The molecule has 1 aromatic rings. The molecule has 1 atom stereocenters. The molecule has 5 heteroatoms. The summed E-state index contributed by atoms with van der Waals surface area (Å²) in [6, 6.07) is 0. The van der Waals surface area contributed by atoms with Crippen LogP contribution in [0.3, 0.4) is 0 Å². The zero-order valence-electron chi connectivity index (χ0n) is 11.6. The number of amides is 1. The van der Waals surface area contributed by atoms with Crippen molar-refractivity contribution in [1.82, 2.24) is 15.1 Å². The maximum Gasteiger partial charge on any atom is 0.254 e. The number of carbonyl (C=O) groups excluding carboxylic acids is 1. The van der Waals surface area contributed by atoms with Crippen LogP contribution in [0.1, 0.15) is 42.7 Å². The van der Waals surface area contributed by atoms with E-state index in [2.05, 4.69) is 10.4 Å². The lowest BCUT2D eigenvalue weighted by molar-refractivity contribution is 0.0816. The second kappa shape index (κ2) is 6.54. The molecule has 18 heavy (non-hydrogen) atoms. The minimum absolute atomic E-state index is 0.175. The fourth-order valence-corrected chi connectivity index (χ4v) is 2.01. The molecule has 0 bridgehead atoms. The molecule has 0 aliphatic rings. The van der Waals surface area contributed by atoms with Crippen LogP contribution in [-0.4, -0.2) is 33.4 Å². The van der Waals surface area contributed by atoms with Crippen molar-refractivity contribution in [2.24, 2.45) is 13.0 Å². The molecule has 0 aliphatic heterocycles. The van der Waals surface area contributed by atoms with Crippen LogP contribution >= 0.6 is 0 Å². The average Bonchev–Trinajstić information content (AvgIpc) is 2.69. The van der Waals surface area contributed by atoms with Crippen molar-refractivity contribution < 1.29 is 9.90 Å². The lowest BCUT2D eigenvalue weighted by Gasteiger charge is -2.20. The molecule has 0 fully saturated rings. The first kappa shape index (κ1) is 14.7. The van der Waals surface area contributed by atoms with Gasteiger partial charge in [0.1, 0.15) is 0 Å². The van der Waals surface area contributed by atoms with Gasteiger partial charge in [-0.15, -0.1) is 0 Å². The molecule has 0 saturated heterocycles. The van der Waals surface area contributed by atoms with Crippen LogP contribution < -0.4 is 5.32 Å². The molecular formula is C13H23N3O2. The largest absolute Gasteiger partial charge is 0.391 e. The van der Waals surface area contributed by atoms with Crippen molar-refractivity contribution in [1.29, 1.82) is 0 Å². The Bertz CT molecular complexity index is 397. The summed E-state index contributed by atoms with van der Waals surface area (Å²) in [5.41, 5.74) is 1.39. The third-order valence-electron chi connectivity index (χ3n) is 3.54. The lowest BCUT2D eigenvalue weighted by Crippen LogP contribution is -2.36. The summed E-state index contributed by atoms with van der Waals surface area (Å²) in [6.45, 7) is 6.23. The van der Waals surface area contributed by atoms with Gasteiger partial charge in [0.2, 0.25) is 0 Å². The van der Waals surface area contributed by atoms with Crippen molar-refractivity contribution in [2.45, 2.75) is 39.7 Å². The quantitative estimate of drug-likeness (QED) is 0.802. The minimum Gasteiger partial charge on any atom is -0.391 e. The van der Waals surface area contributed by atoms with Gasteiger partial charge in [0.15, 0.2) is 0 Å². The highest BCUT2D eigenvalue weighted by Gasteiger charge is 2.18. The standard InChI is InChI=1S/C13H23N3O2/c1-5-10(6-2)12(17)8-14-13(18)11-7-15-16(4)9(11)3/h7,10,12,17H,5-6,8H2,1-4H3,(H,14,18). The van der Waals surface area contributed by atoms with E-state index in [1.807, 2.05) is 20.8 Å². The maximum atomic E-state index is 11.9. The second-order valence-corrected chi connectivity index (χ2v) is 4.62. The molecule has 102 valence electrons. The zero-order chi connectivity index (χ0) is 13.7. The Morgan fingerprint density at radius 2 is 2.11 bits per heavy atom. The number of hydrogen-bond donors (Lipinski definition) is 2. The Morgan fingerprint density at radius 1 is 1.50 bits per heavy atom. The van der Waals surface area contributed by atoms with Crippen LogP contribution in [0, 0.1) is 12.8 Å². The Kier molecular flexibility index (Phi) is 5.34. The van der Waals surface area contributed by atoms with Crippen LogP contribution in [0.15, 0.2) is 6.20 Å². The van der Waals surface area contributed by atoms with Gasteiger partial charge >= 0.3 is 0 Å². The Morgan fingerprint density at radius 3 is 2.56 bits per heavy atom. The van der Waals surface area contributed by atoms with Crippen molar-refractivity contribution in [3.8, 4) is 0 Å². The first-order valence-corrected chi connectivity index (χ1v) is 6.46. The molecule has 5 nitrogen and oxygen atoms in total. The monoisotopic (exact) mass is 253 g/mol. The van der Waals surface area contributed by atoms with E-state index in [1.165, 1.54) is 0 Å². The summed E-state index contributed by atoms with van der Waals surface area (Å²) in [5.74, 6) is 0.0610. The van der Waals surface area contributed by atoms with Crippen LogP contribution in [0.4, 0.5) is 0 Å². The van der Waals surface area contributed by atoms with Crippen LogP contribution in [0.25, 0.3) is 0 Å². The topological polar surface area (TPSA) is 67.2 Å². The minimum atomic E-state index is -0.485. The number of aryl methyl sites for hydroxylation is 1. The fourth-order valence-electron chi connectivity index (χ4n) is 2.01. The van der Waals surface area contributed by atoms with E-state index in [0.717, 1.165) is 18.5 Å². The molecule has 0 aliphatic carbocycles. The number of nitrogens with one attached hydrogen (secondary N) is 1. The summed E-state index contributed by atoms with van der Waals surface area (Å²) < 4.78 is 1.66. The summed E-state index contributed by atoms with van der Waals surface area (Å²) >= 11 is 0. The van der Waals surface area contributed by atoms with E-state index in [-0.39, 0.29) is 11.8 Å². The third kappa shape index (κ3) is 3.32. The summed E-state index contributed by atoms with van der Waals surface area (Å²) in [6.07, 6.45) is 2.90. The second-order valence-electron chi connectivity index (χ2n) is 4.62. The molecule has 1 heterocycles. The number of aliphatic hydroxyl groups excluding tert-OH is 1. The van der Waals surface area contributed by atoms with Gasteiger partial charge in [0.05, 0.1) is 17.9 Å². The highest BCUT2D eigenvalue weighted by Crippen LogP contribution is 2.12. The number of carbonyl (C=O) groups is 1. The smallest absolute Gasteiger partial charge is 0.254 e. The van der Waals surface area contributed by atoms with E-state index in [0.29, 0.717) is 12.1 Å². The Labute approximate surface area is 108 Å². The van der Waals surface area contributed by atoms with Gasteiger partial charge in [-0.1, -0.05) is 26.7 Å². The highest BCUT2D eigenvalue weighted by atomic mass is 16.3. The van der Waals surface area contributed by atoms with Gasteiger partial charge in [0, 0.05) is 19.3 Å². The highest BCUT2D eigenvalue weighted by molar-refractivity contribution is 5.95. The van der Waals surface area contributed by atoms with E-state index in [9.17, 15) is 9.90 Å². The van der Waals surface area contributed by atoms with Crippen molar-refractivity contribution in [3.05, 3.63) is 17.5 Å². The molecular weight excluding hydrogens is 230 g/mol. The number of aliphatic hydroxyl groups is 1. The molecule has 1 aromatic heterocycles. The Hall–Kier alpha value is -1.36. The van der Waals surface area contributed by atoms with Crippen LogP contribution in [-0.2, 0) is 7.05 Å². The maximum absolute atomic E-state index is 11.9. The summed E-state index contributed by atoms with van der Waals surface area (Å²) in [5, 5.41) is 16.7. The molecule has 0 aromatic carbocycles. The van der Waals surface area contributed by atoms with Crippen LogP contribution in [0.2, 0.25) is 0 Å². The summed E-state index contributed by atoms with van der Waals surface area (Å²) in [7, 11) is 1.80. The molecule has 1 rings (SSSR count). The van der Waals surface area contributed by atoms with Gasteiger partial charge in [-0.2, -0.15) is 5.10 Å². The molecule has 2 N–H and O–H groups in total.